The van der Waals surface area contributed by atoms with Crippen LogP contribution in [0.3, 0.4) is 0 Å². The molecule has 0 aliphatic carbocycles. The van der Waals surface area contributed by atoms with Gasteiger partial charge in [0.1, 0.15) is 11.5 Å². The van der Waals surface area contributed by atoms with Gasteiger partial charge in [-0.25, -0.2) is 62.6 Å². The minimum absolute atomic E-state index is 0.0317. The highest BCUT2D eigenvalue weighted by Gasteiger charge is 2.27. The minimum atomic E-state index is -3.74. The summed E-state index contributed by atoms with van der Waals surface area (Å²) in [4.78, 5) is 18.9. The van der Waals surface area contributed by atoms with Crippen molar-refractivity contribution in [3.63, 3.8) is 0 Å². The van der Waals surface area contributed by atoms with Gasteiger partial charge in [0, 0.05) is 46.3 Å². The summed E-state index contributed by atoms with van der Waals surface area (Å²) in [5, 5.41) is 25.2. The van der Waals surface area contributed by atoms with Crippen LogP contribution in [0.15, 0.2) is 369 Å². The van der Waals surface area contributed by atoms with Crippen LogP contribution in [0.2, 0.25) is 5.02 Å². The molecule has 12 aromatic carbocycles. The third kappa shape index (κ3) is 20.7. The van der Waals surface area contributed by atoms with Crippen LogP contribution >= 0.6 is 11.6 Å². The van der Waals surface area contributed by atoms with Crippen molar-refractivity contribution in [3.05, 3.63) is 356 Å². The lowest BCUT2D eigenvalue weighted by atomic mass is 9.95. The molecule has 0 bridgehead atoms. The van der Waals surface area contributed by atoms with E-state index in [1.54, 1.807) is 96.0 Å². The predicted molar refractivity (Wildman–Crippen MR) is 438 cm³/mol. The van der Waals surface area contributed by atoms with Crippen molar-refractivity contribution in [3.8, 4) is 89.3 Å². The van der Waals surface area contributed by atoms with Crippen LogP contribution < -0.4 is 25.5 Å². The topological polar surface area (TPSA) is 334 Å². The molecule has 0 atom stereocenters. The second-order valence-corrected chi connectivity index (χ2v) is 33.7. The zero-order chi connectivity index (χ0) is 79.1. The molecule has 1 aliphatic heterocycles. The van der Waals surface area contributed by atoms with Crippen LogP contribution in [0.25, 0.3) is 95.0 Å². The first-order valence-corrected chi connectivity index (χ1v) is 42.4. The van der Waals surface area contributed by atoms with Crippen molar-refractivity contribution >= 4 is 78.8 Å². The van der Waals surface area contributed by atoms with Gasteiger partial charge in [-0.2, -0.15) is 0 Å². The Morgan fingerprint density at radius 2 is 0.649 bits per heavy atom. The first-order valence-electron chi connectivity index (χ1n) is 33.9. The lowest BCUT2D eigenvalue weighted by molar-refractivity contribution is -0.116. The molecule has 1 aliphatic rings. The first-order chi connectivity index (χ1) is 53.0. The highest BCUT2D eigenvalue weighted by molar-refractivity contribution is 7.91. The van der Waals surface area contributed by atoms with Crippen molar-refractivity contribution in [2.24, 2.45) is 20.6 Å². The second-order valence-electron chi connectivity index (χ2n) is 25.0. The molecule has 3 heterocycles. The van der Waals surface area contributed by atoms with Crippen molar-refractivity contribution in [1.29, 1.82) is 0 Å². The van der Waals surface area contributed by atoms with Gasteiger partial charge in [0.05, 0.1) is 41.4 Å². The van der Waals surface area contributed by atoms with Crippen molar-refractivity contribution in [1.82, 2.24) is 10.1 Å². The Morgan fingerprint density at radius 1 is 0.342 bits per heavy atom. The van der Waals surface area contributed by atoms with E-state index in [2.05, 4.69) is 52.6 Å². The van der Waals surface area contributed by atoms with Gasteiger partial charge in [-0.1, -0.05) is 259 Å². The molecule has 8 N–H and O–H groups in total. The Hall–Kier alpha value is -11.9. The summed E-state index contributed by atoms with van der Waals surface area (Å²) in [5.41, 5.74) is 17.8. The molecular formula is C86H72ClN7O12S5. The highest BCUT2D eigenvalue weighted by atomic mass is 35.5. The second kappa shape index (κ2) is 35.2. The highest BCUT2D eigenvalue weighted by Crippen LogP contribution is 2.38. The van der Waals surface area contributed by atoms with E-state index in [1.807, 2.05) is 165 Å². The number of benzene rings is 12. The summed E-state index contributed by atoms with van der Waals surface area (Å²) in [6.45, 7) is 1.82. The Balaban J connectivity index is 0.000000137. The smallest absolute Gasteiger partial charge is 0.238 e. The number of carbonyl (C=O) groups excluding carboxylic acids is 1. The number of pyridine rings is 1. The monoisotopic (exact) mass is 1590 g/mol. The number of hydrogen-bond acceptors (Lipinski definition) is 14. The molecule has 0 radical (unpaired) electrons. The van der Waals surface area contributed by atoms with E-state index in [4.69, 9.17) is 36.7 Å². The maximum atomic E-state index is 12.2. The largest absolute Gasteiger partial charge is 0.360 e. The average Bonchev–Trinajstić information content (AvgIpc) is 1.75. The van der Waals surface area contributed by atoms with Crippen molar-refractivity contribution in [2.75, 3.05) is 11.2 Å². The molecule has 0 unspecified atom stereocenters. The van der Waals surface area contributed by atoms with E-state index in [9.17, 15) is 46.9 Å². The van der Waals surface area contributed by atoms with Gasteiger partial charge in [0.15, 0.2) is 9.84 Å². The molecular weight excluding hydrogens is 1520 g/mol. The number of aryl methyl sites for hydroxylation is 1. The zero-order valence-electron chi connectivity index (χ0n) is 59.5. The number of sulfonamides is 4. The SMILES string of the molecule is CS(=O)(=O)c1ccc(-c2ccccc2-c2ccccc2)cc1.Cc1onc(-c2ccccc2)c1-c1ccc(S(N)(=O)=O)cc1.NS(=O)(=O)c1ccc(-c2ccccc2-c2ccccc2)cc1.NS(=O)(=O)c1ccc(-c2cccnc2-c2ccccc2)cc1.NS(=O)(=O)c1ccc(C2=CCC(=O)N2c2ccc(Cl)cc2)cc1. The molecule has 2 aromatic heterocycles. The Bertz CT molecular complexity index is 5870. The van der Waals surface area contributed by atoms with Crippen LogP contribution in [0.5, 0.6) is 0 Å². The first kappa shape index (κ1) is 80.1. The zero-order valence-corrected chi connectivity index (χ0v) is 64.3. The number of rotatable bonds is 15. The molecule has 15 rings (SSSR count). The van der Waals surface area contributed by atoms with Crippen LogP contribution in [0.1, 0.15) is 17.7 Å². The van der Waals surface area contributed by atoms with Crippen LogP contribution in [0, 0.1) is 6.92 Å². The maximum absolute atomic E-state index is 12.2. The van der Waals surface area contributed by atoms with Gasteiger partial charge in [-0.3, -0.25) is 14.7 Å². The minimum Gasteiger partial charge on any atom is -0.360 e. The van der Waals surface area contributed by atoms with Crippen LogP contribution in [-0.2, 0) is 54.7 Å². The number of nitrogens with two attached hydrogens (primary N) is 4. The van der Waals surface area contributed by atoms with Gasteiger partial charge in [0.2, 0.25) is 46.0 Å². The Labute approximate surface area is 650 Å². The number of nitrogens with zero attached hydrogens (tertiary/aromatic N) is 3. The number of primary sulfonamides is 4. The quantitative estimate of drug-likeness (QED) is 0.0741. The molecule has 0 fully saturated rings. The molecule has 111 heavy (non-hydrogen) atoms. The Kier molecular flexibility index (Phi) is 25.4. The normalized spacial score (nSPS) is 12.1. The maximum Gasteiger partial charge on any atom is 0.238 e. The van der Waals surface area contributed by atoms with Crippen molar-refractivity contribution < 1.29 is 51.4 Å². The fourth-order valence-corrected chi connectivity index (χ4v) is 14.8. The average molecular weight is 1590 g/mol. The summed E-state index contributed by atoms with van der Waals surface area (Å²) in [6.07, 6.45) is 5.06. The van der Waals surface area contributed by atoms with E-state index in [0.717, 1.165) is 94.8 Å². The van der Waals surface area contributed by atoms with E-state index >= 15 is 0 Å². The number of aromatic nitrogens is 2. The fourth-order valence-electron chi connectivity index (χ4n) is 12.0. The molecule has 1 amide bonds. The van der Waals surface area contributed by atoms with Crippen LogP contribution in [-0.4, -0.2) is 64.4 Å². The molecule has 14 aromatic rings. The fraction of sp³-hybridized carbons (Fsp3) is 0.0349. The third-order valence-electron chi connectivity index (χ3n) is 17.4. The van der Waals surface area contributed by atoms with E-state index in [0.29, 0.717) is 27.1 Å². The molecule has 19 nitrogen and oxygen atoms in total. The van der Waals surface area contributed by atoms with Gasteiger partial charge in [-0.05, 0) is 159 Å². The number of amides is 1. The number of carbonyl (C=O) groups is 1. The lowest BCUT2D eigenvalue weighted by Gasteiger charge is -2.21. The Morgan fingerprint density at radius 3 is 1.02 bits per heavy atom. The summed E-state index contributed by atoms with van der Waals surface area (Å²) < 4.78 is 119. The number of halogens is 1. The van der Waals surface area contributed by atoms with E-state index in [-0.39, 0.29) is 31.9 Å². The number of hydrogen-bond donors (Lipinski definition) is 4. The molecule has 0 spiro atoms. The third-order valence-corrected chi connectivity index (χ3v) is 22.5. The van der Waals surface area contributed by atoms with Gasteiger partial charge in [-0.15, -0.1) is 0 Å². The molecule has 0 saturated heterocycles. The lowest BCUT2D eigenvalue weighted by Crippen LogP contribution is -2.23. The van der Waals surface area contributed by atoms with E-state index < -0.39 is 49.9 Å². The van der Waals surface area contributed by atoms with Crippen molar-refractivity contribution in [2.45, 2.75) is 37.8 Å². The molecule has 0 saturated carbocycles. The summed E-state index contributed by atoms with van der Waals surface area (Å²) in [6, 6.07) is 99.3. The summed E-state index contributed by atoms with van der Waals surface area (Å²) in [7, 11) is -17.9. The standard InChI is InChI=1S/C19H16O2S.C18H15NO2S.C17H14N2O2S.C16H13ClN2O3S.C16H14N2O3S/c1-22(20,21)17-13-11-16(12-14-17)19-10-6-5-9-18(19)15-7-3-2-4-8-15;19-22(20,21)16-12-10-15(11-13-16)18-9-5-4-8-17(18)14-6-2-1-3-7-14;18-22(20,21)15-10-8-13(9-11-15)16-7-4-12-19-17(16)14-5-2-1-3-6-14;17-12-3-5-13(6-4-12)19-15(9-10-16(19)20)11-1-7-14(8-2-11)23(18,21)22;1-11-15(12-7-9-14(10-8-12)22(17,19)20)16(18-21-11)13-5-3-2-4-6-13/h2-14H,1H3;1-13H,(H2,19,20,21);1-12H,(H2,18,20,21);1-9H,10H2,(H2,18,21,22);2-10H,1H3,(H2,17,19,20). The summed E-state index contributed by atoms with van der Waals surface area (Å²) in [5.74, 6) is 0.611. The summed E-state index contributed by atoms with van der Waals surface area (Å²) >= 11 is 5.88. The van der Waals surface area contributed by atoms with Crippen LogP contribution in [0.4, 0.5) is 5.69 Å². The van der Waals surface area contributed by atoms with E-state index in [1.165, 1.54) is 54.8 Å². The molecule has 25 heteroatoms. The predicted octanol–water partition coefficient (Wildman–Crippen LogP) is 16.9. The molecule has 560 valence electrons. The van der Waals surface area contributed by atoms with Gasteiger partial charge >= 0.3 is 0 Å². The number of anilines is 1. The van der Waals surface area contributed by atoms with Gasteiger partial charge < -0.3 is 4.52 Å². The number of sulfone groups is 1. The van der Waals surface area contributed by atoms with Gasteiger partial charge in [0.25, 0.3) is 0 Å².